The molecule has 0 aliphatic rings. The average molecular weight is 411 g/mol. The largest absolute Gasteiger partial charge is 0.348 e. The summed E-state index contributed by atoms with van der Waals surface area (Å²) in [7, 11) is 0. The summed E-state index contributed by atoms with van der Waals surface area (Å²) in [5.41, 5.74) is 1.90. The van der Waals surface area contributed by atoms with Crippen LogP contribution in [-0.4, -0.2) is 39.4 Å². The fourth-order valence-electron chi connectivity index (χ4n) is 2.94. The summed E-state index contributed by atoms with van der Waals surface area (Å²) < 4.78 is 0. The third-order valence-corrected chi connectivity index (χ3v) is 5.38. The number of H-pyrrole nitrogens is 1. The lowest BCUT2D eigenvalue weighted by Gasteiger charge is -2.33. The molecule has 2 aromatic rings. The van der Waals surface area contributed by atoms with Gasteiger partial charge in [0.25, 0.3) is 0 Å². The highest BCUT2D eigenvalue weighted by molar-refractivity contribution is 6.42. The molecule has 0 saturated heterocycles. The number of benzene rings is 1. The molecule has 27 heavy (non-hydrogen) atoms. The second kappa shape index (κ2) is 10.1. The van der Waals surface area contributed by atoms with Crippen molar-refractivity contribution in [3.63, 3.8) is 0 Å². The van der Waals surface area contributed by atoms with Gasteiger partial charge >= 0.3 is 0 Å². The van der Waals surface area contributed by atoms with Crippen molar-refractivity contribution in [3.05, 3.63) is 52.0 Å². The molecule has 0 bridgehead atoms. The number of hydrogen-bond acceptors (Lipinski definition) is 3. The number of aromatic amines is 1. The fourth-order valence-corrected chi connectivity index (χ4v) is 3.32. The van der Waals surface area contributed by atoms with Crippen LogP contribution in [0.1, 0.15) is 39.0 Å². The number of carbonyl (C=O) groups excluding carboxylic acids is 1. The van der Waals surface area contributed by atoms with Crippen LogP contribution in [0.5, 0.6) is 0 Å². The van der Waals surface area contributed by atoms with Gasteiger partial charge < -0.3 is 15.2 Å². The second-order valence-electron chi connectivity index (χ2n) is 7.28. The van der Waals surface area contributed by atoms with E-state index in [9.17, 15) is 4.79 Å². The Morgan fingerprint density at radius 3 is 2.59 bits per heavy atom. The maximum Gasteiger partial charge on any atom is 0.240 e. The van der Waals surface area contributed by atoms with E-state index in [0.29, 0.717) is 23.1 Å². The molecule has 1 heterocycles. The molecule has 0 spiro atoms. The van der Waals surface area contributed by atoms with E-state index < -0.39 is 0 Å². The Bertz CT molecular complexity index is 732. The van der Waals surface area contributed by atoms with E-state index in [4.69, 9.17) is 23.2 Å². The molecule has 0 unspecified atom stereocenters. The molecule has 0 fully saturated rings. The van der Waals surface area contributed by atoms with Crippen LogP contribution in [0, 0.1) is 5.92 Å². The number of aromatic nitrogens is 2. The first-order valence-electron chi connectivity index (χ1n) is 9.25. The maximum absolute atomic E-state index is 13.3. The molecule has 0 aliphatic heterocycles. The number of nitrogens with one attached hydrogen (secondary N) is 2. The lowest BCUT2D eigenvalue weighted by Crippen LogP contribution is -2.51. The molecule has 0 aliphatic carbocycles. The summed E-state index contributed by atoms with van der Waals surface area (Å²) in [4.78, 5) is 22.2. The zero-order valence-corrected chi connectivity index (χ0v) is 17.8. The van der Waals surface area contributed by atoms with Crippen molar-refractivity contribution in [1.82, 2.24) is 20.2 Å². The van der Waals surface area contributed by atoms with Crippen LogP contribution in [0.4, 0.5) is 0 Å². The zero-order valence-electron chi connectivity index (χ0n) is 16.3. The number of imidazole rings is 1. The van der Waals surface area contributed by atoms with Crippen molar-refractivity contribution >= 4 is 29.1 Å². The van der Waals surface area contributed by atoms with Crippen molar-refractivity contribution in [3.8, 4) is 0 Å². The van der Waals surface area contributed by atoms with Gasteiger partial charge in [0.2, 0.25) is 5.91 Å². The molecule has 2 N–H and O–H groups in total. The van der Waals surface area contributed by atoms with Gasteiger partial charge in [0, 0.05) is 37.4 Å². The SMILES string of the molecule is CC(C)[C@H](NCCc1cnc[nH]1)C(=O)N(Cc1cccc(Cl)c1Cl)C(C)C. The van der Waals surface area contributed by atoms with Gasteiger partial charge in [-0.15, -0.1) is 0 Å². The second-order valence-corrected chi connectivity index (χ2v) is 8.06. The Morgan fingerprint density at radius 1 is 1.26 bits per heavy atom. The molecular weight excluding hydrogens is 383 g/mol. The van der Waals surface area contributed by atoms with Crippen molar-refractivity contribution in [1.29, 1.82) is 0 Å². The van der Waals surface area contributed by atoms with Gasteiger partial charge in [-0.2, -0.15) is 0 Å². The molecule has 2 rings (SSSR count). The number of rotatable bonds is 9. The number of hydrogen-bond donors (Lipinski definition) is 2. The Kier molecular flexibility index (Phi) is 8.14. The van der Waals surface area contributed by atoms with Crippen LogP contribution in [-0.2, 0) is 17.8 Å². The number of amides is 1. The van der Waals surface area contributed by atoms with Gasteiger partial charge in [0.1, 0.15) is 0 Å². The van der Waals surface area contributed by atoms with Gasteiger partial charge in [-0.05, 0) is 31.4 Å². The van der Waals surface area contributed by atoms with Gasteiger partial charge in [0.05, 0.1) is 22.4 Å². The van der Waals surface area contributed by atoms with Gasteiger partial charge in [-0.1, -0.05) is 49.2 Å². The first-order valence-corrected chi connectivity index (χ1v) is 10.0. The number of carbonyl (C=O) groups is 1. The van der Waals surface area contributed by atoms with Crippen LogP contribution in [0.25, 0.3) is 0 Å². The Balaban J connectivity index is 2.10. The van der Waals surface area contributed by atoms with Gasteiger partial charge in [-0.25, -0.2) is 4.98 Å². The summed E-state index contributed by atoms with van der Waals surface area (Å²) in [5, 5.41) is 4.41. The van der Waals surface area contributed by atoms with E-state index in [1.54, 1.807) is 18.6 Å². The minimum Gasteiger partial charge on any atom is -0.348 e. The lowest BCUT2D eigenvalue weighted by atomic mass is 10.0. The number of halogens is 2. The van der Waals surface area contributed by atoms with Crippen molar-refractivity contribution in [2.75, 3.05) is 6.54 Å². The molecule has 7 heteroatoms. The van der Waals surface area contributed by atoms with Crippen molar-refractivity contribution in [2.45, 2.75) is 52.7 Å². The third-order valence-electron chi connectivity index (χ3n) is 4.52. The van der Waals surface area contributed by atoms with Gasteiger partial charge in [-0.3, -0.25) is 4.79 Å². The Hall–Kier alpha value is -1.56. The Morgan fingerprint density at radius 2 is 2.00 bits per heavy atom. The van der Waals surface area contributed by atoms with E-state index >= 15 is 0 Å². The van der Waals surface area contributed by atoms with Gasteiger partial charge in [0.15, 0.2) is 0 Å². The molecule has 148 valence electrons. The topological polar surface area (TPSA) is 61.0 Å². The highest BCUT2D eigenvalue weighted by Gasteiger charge is 2.28. The fraction of sp³-hybridized carbons (Fsp3) is 0.500. The van der Waals surface area contributed by atoms with E-state index in [2.05, 4.69) is 29.1 Å². The standard InChI is InChI=1S/C20H28Cl2N4O/c1-13(2)19(24-9-8-16-10-23-12-25-16)20(27)26(14(3)4)11-15-6-5-7-17(21)18(15)22/h5-7,10,12-14,19,24H,8-9,11H2,1-4H3,(H,23,25)/t19-/m0/s1. The number of nitrogens with zero attached hydrogens (tertiary/aromatic N) is 2. The van der Waals surface area contributed by atoms with Crippen LogP contribution in [0.3, 0.4) is 0 Å². The predicted molar refractivity (Wildman–Crippen MR) is 111 cm³/mol. The Labute approximate surface area is 171 Å². The molecule has 0 radical (unpaired) electrons. The lowest BCUT2D eigenvalue weighted by molar-refractivity contribution is -0.137. The quantitative estimate of drug-likeness (QED) is 0.647. The molecule has 1 amide bonds. The molecule has 0 saturated carbocycles. The minimum atomic E-state index is -0.270. The monoisotopic (exact) mass is 410 g/mol. The first-order chi connectivity index (χ1) is 12.8. The van der Waals surface area contributed by atoms with E-state index in [1.807, 2.05) is 30.9 Å². The predicted octanol–water partition coefficient (Wildman–Crippen LogP) is 4.31. The highest BCUT2D eigenvalue weighted by Crippen LogP contribution is 2.27. The molecule has 5 nitrogen and oxygen atoms in total. The molecular formula is C20H28Cl2N4O. The van der Waals surface area contributed by atoms with E-state index in [1.165, 1.54) is 0 Å². The summed E-state index contributed by atoms with van der Waals surface area (Å²) in [6.45, 7) is 9.26. The van der Waals surface area contributed by atoms with Crippen molar-refractivity contribution < 1.29 is 4.79 Å². The smallest absolute Gasteiger partial charge is 0.240 e. The molecule has 1 aromatic heterocycles. The first kappa shape index (κ1) is 21.7. The van der Waals surface area contributed by atoms with Crippen LogP contribution >= 0.6 is 23.2 Å². The molecule has 1 atom stereocenters. The molecule has 1 aromatic carbocycles. The van der Waals surface area contributed by atoms with E-state index in [0.717, 1.165) is 17.7 Å². The highest BCUT2D eigenvalue weighted by atomic mass is 35.5. The van der Waals surface area contributed by atoms with Crippen LogP contribution in [0.2, 0.25) is 10.0 Å². The van der Waals surface area contributed by atoms with Crippen LogP contribution in [0.15, 0.2) is 30.7 Å². The van der Waals surface area contributed by atoms with Crippen LogP contribution < -0.4 is 5.32 Å². The average Bonchev–Trinajstić information content (AvgIpc) is 3.12. The normalized spacial score (nSPS) is 12.6. The van der Waals surface area contributed by atoms with Crippen molar-refractivity contribution in [2.24, 2.45) is 5.92 Å². The zero-order chi connectivity index (χ0) is 20.0. The van der Waals surface area contributed by atoms with E-state index in [-0.39, 0.29) is 23.9 Å². The summed E-state index contributed by atoms with van der Waals surface area (Å²) >= 11 is 12.5. The third kappa shape index (κ3) is 5.96. The summed E-state index contributed by atoms with van der Waals surface area (Å²) in [5.74, 6) is 0.232. The minimum absolute atomic E-state index is 0.0446. The summed E-state index contributed by atoms with van der Waals surface area (Å²) in [6, 6.07) is 5.29. The summed E-state index contributed by atoms with van der Waals surface area (Å²) in [6.07, 6.45) is 4.25. The maximum atomic E-state index is 13.3.